The molecule has 1 unspecified atom stereocenters. The molecule has 1 aromatic heterocycles. The molecule has 2 N–H and O–H groups in total. The molecule has 0 radical (unpaired) electrons. The first-order valence-corrected chi connectivity index (χ1v) is 8.54. The van der Waals surface area contributed by atoms with Gasteiger partial charge in [0.2, 0.25) is 0 Å². The molecular formula is C20H20N4O2. The molecule has 0 aliphatic carbocycles. The summed E-state index contributed by atoms with van der Waals surface area (Å²) in [4.78, 5) is 12.2. The lowest BCUT2D eigenvalue weighted by Gasteiger charge is -2.25. The van der Waals surface area contributed by atoms with Gasteiger partial charge in [-0.1, -0.05) is 42.5 Å². The van der Waals surface area contributed by atoms with Crippen LogP contribution in [0.4, 0.5) is 0 Å². The fraction of sp³-hybridized carbons (Fsp3) is 0.200. The number of hydrogen-bond acceptors (Lipinski definition) is 4. The van der Waals surface area contributed by atoms with Gasteiger partial charge in [0.15, 0.2) is 0 Å². The van der Waals surface area contributed by atoms with E-state index in [1.807, 2.05) is 48.5 Å². The summed E-state index contributed by atoms with van der Waals surface area (Å²) in [6.45, 7) is 1.20. The number of benzene rings is 2. The maximum absolute atomic E-state index is 12.2. The lowest BCUT2D eigenvalue weighted by atomic mass is 10.1. The second-order valence-electron chi connectivity index (χ2n) is 6.18. The van der Waals surface area contributed by atoms with Crippen LogP contribution < -0.4 is 15.4 Å². The van der Waals surface area contributed by atoms with Crippen LogP contribution in [0, 0.1) is 0 Å². The van der Waals surface area contributed by atoms with Gasteiger partial charge >= 0.3 is 0 Å². The van der Waals surface area contributed by atoms with Crippen LogP contribution in [-0.2, 0) is 6.54 Å². The Balaban J connectivity index is 1.61. The molecule has 1 amide bonds. The van der Waals surface area contributed by atoms with Gasteiger partial charge in [0, 0.05) is 12.1 Å². The molecule has 2 heterocycles. The first-order chi connectivity index (χ1) is 12.7. The maximum atomic E-state index is 12.2. The topological polar surface area (TPSA) is 68.2 Å². The molecule has 0 fully saturated rings. The van der Waals surface area contributed by atoms with Gasteiger partial charge in [0.25, 0.3) is 5.91 Å². The average Bonchev–Trinajstić information content (AvgIpc) is 3.15. The van der Waals surface area contributed by atoms with E-state index in [0.717, 1.165) is 17.0 Å². The number of methoxy groups -OCH3 is 1. The van der Waals surface area contributed by atoms with Crippen LogP contribution in [0.3, 0.4) is 0 Å². The third kappa shape index (κ3) is 3.19. The number of rotatable bonds is 5. The highest BCUT2D eigenvalue weighted by Crippen LogP contribution is 2.25. The van der Waals surface area contributed by atoms with Crippen molar-refractivity contribution in [3.63, 3.8) is 0 Å². The quantitative estimate of drug-likeness (QED) is 0.744. The Morgan fingerprint density at radius 3 is 2.85 bits per heavy atom. The number of amides is 1. The second-order valence-corrected chi connectivity index (χ2v) is 6.18. The van der Waals surface area contributed by atoms with Crippen molar-refractivity contribution in [2.45, 2.75) is 12.7 Å². The van der Waals surface area contributed by atoms with Crippen molar-refractivity contribution in [3.05, 3.63) is 71.9 Å². The monoisotopic (exact) mass is 348 g/mol. The van der Waals surface area contributed by atoms with Gasteiger partial charge in [0.1, 0.15) is 17.6 Å². The SMILES string of the molecule is COc1cccc(-c2cc3n(n2)C(NCc2ccccc2)CNC3=O)c1. The highest BCUT2D eigenvalue weighted by molar-refractivity contribution is 5.94. The minimum Gasteiger partial charge on any atom is -0.497 e. The molecule has 3 aromatic rings. The molecule has 0 spiro atoms. The summed E-state index contributed by atoms with van der Waals surface area (Å²) in [6, 6.07) is 19.7. The summed E-state index contributed by atoms with van der Waals surface area (Å²) in [7, 11) is 1.63. The molecule has 132 valence electrons. The van der Waals surface area contributed by atoms with E-state index in [-0.39, 0.29) is 12.1 Å². The van der Waals surface area contributed by atoms with Crippen LogP contribution in [0.1, 0.15) is 22.2 Å². The van der Waals surface area contributed by atoms with Crippen LogP contribution in [0.25, 0.3) is 11.3 Å². The summed E-state index contributed by atoms with van der Waals surface area (Å²) < 4.78 is 7.06. The van der Waals surface area contributed by atoms with E-state index in [4.69, 9.17) is 4.74 Å². The fourth-order valence-corrected chi connectivity index (χ4v) is 3.08. The Labute approximate surface area is 151 Å². The van der Waals surface area contributed by atoms with Crippen molar-refractivity contribution in [2.24, 2.45) is 0 Å². The van der Waals surface area contributed by atoms with Gasteiger partial charge in [-0.2, -0.15) is 5.10 Å². The van der Waals surface area contributed by atoms with E-state index in [1.165, 1.54) is 5.56 Å². The Morgan fingerprint density at radius 2 is 2.04 bits per heavy atom. The first-order valence-electron chi connectivity index (χ1n) is 8.54. The highest BCUT2D eigenvalue weighted by atomic mass is 16.5. The summed E-state index contributed by atoms with van der Waals surface area (Å²) in [6.07, 6.45) is -0.0951. The number of aromatic nitrogens is 2. The standard InChI is InChI=1S/C20H20N4O2/c1-26-16-9-5-8-15(10-16)17-11-18-20(25)22-13-19(24(18)23-17)21-12-14-6-3-2-4-7-14/h2-11,19,21H,12-13H2,1H3,(H,22,25). The Morgan fingerprint density at radius 1 is 1.19 bits per heavy atom. The van der Waals surface area contributed by atoms with Gasteiger partial charge in [-0.3, -0.25) is 10.1 Å². The van der Waals surface area contributed by atoms with Crippen molar-refractivity contribution in [3.8, 4) is 17.0 Å². The second kappa shape index (κ2) is 7.01. The van der Waals surface area contributed by atoms with Crippen LogP contribution >= 0.6 is 0 Å². The van der Waals surface area contributed by atoms with Crippen molar-refractivity contribution in [2.75, 3.05) is 13.7 Å². The third-order valence-electron chi connectivity index (χ3n) is 4.47. The highest BCUT2D eigenvalue weighted by Gasteiger charge is 2.27. The molecule has 2 aromatic carbocycles. The number of hydrogen-bond donors (Lipinski definition) is 2. The van der Waals surface area contributed by atoms with Crippen LogP contribution in [0.2, 0.25) is 0 Å². The lowest BCUT2D eigenvalue weighted by molar-refractivity contribution is 0.0900. The molecule has 1 aliphatic heterocycles. The fourth-order valence-electron chi connectivity index (χ4n) is 3.08. The van der Waals surface area contributed by atoms with Crippen molar-refractivity contribution < 1.29 is 9.53 Å². The summed E-state index contributed by atoms with van der Waals surface area (Å²) in [5.74, 6) is 0.654. The van der Waals surface area contributed by atoms with Crippen molar-refractivity contribution >= 4 is 5.91 Å². The van der Waals surface area contributed by atoms with Crippen LogP contribution in [0.15, 0.2) is 60.7 Å². The Kier molecular flexibility index (Phi) is 4.41. The smallest absolute Gasteiger partial charge is 0.269 e. The number of carbonyl (C=O) groups is 1. The molecule has 4 rings (SSSR count). The minimum absolute atomic E-state index is 0.0951. The normalized spacial score (nSPS) is 16.0. The molecule has 0 saturated heterocycles. The molecular weight excluding hydrogens is 328 g/mol. The van der Waals surface area contributed by atoms with Crippen molar-refractivity contribution in [1.29, 1.82) is 0 Å². The molecule has 6 heteroatoms. The predicted molar refractivity (Wildman–Crippen MR) is 98.9 cm³/mol. The van der Waals surface area contributed by atoms with Gasteiger partial charge in [-0.15, -0.1) is 0 Å². The van der Waals surface area contributed by atoms with E-state index in [9.17, 15) is 4.79 Å². The van der Waals surface area contributed by atoms with Gasteiger partial charge in [-0.25, -0.2) is 4.68 Å². The van der Waals surface area contributed by atoms with E-state index < -0.39 is 0 Å². The zero-order chi connectivity index (χ0) is 17.9. The maximum Gasteiger partial charge on any atom is 0.269 e. The number of carbonyl (C=O) groups excluding carboxylic acids is 1. The van der Waals surface area contributed by atoms with Crippen LogP contribution in [0.5, 0.6) is 5.75 Å². The van der Waals surface area contributed by atoms with E-state index in [0.29, 0.717) is 18.8 Å². The summed E-state index contributed by atoms with van der Waals surface area (Å²) in [5, 5.41) is 11.1. The zero-order valence-corrected chi connectivity index (χ0v) is 14.5. The summed E-state index contributed by atoms with van der Waals surface area (Å²) >= 11 is 0. The van der Waals surface area contributed by atoms with Gasteiger partial charge < -0.3 is 10.1 Å². The van der Waals surface area contributed by atoms with Crippen molar-refractivity contribution in [1.82, 2.24) is 20.4 Å². The number of fused-ring (bicyclic) bond motifs is 1. The average molecular weight is 348 g/mol. The van der Waals surface area contributed by atoms with Gasteiger partial charge in [0.05, 0.1) is 19.3 Å². The van der Waals surface area contributed by atoms with Gasteiger partial charge in [-0.05, 0) is 23.8 Å². The van der Waals surface area contributed by atoms with E-state index >= 15 is 0 Å². The van der Waals surface area contributed by atoms with E-state index in [1.54, 1.807) is 11.8 Å². The van der Waals surface area contributed by atoms with Crippen LogP contribution in [-0.4, -0.2) is 29.3 Å². The zero-order valence-electron chi connectivity index (χ0n) is 14.5. The molecule has 0 saturated carbocycles. The molecule has 0 bridgehead atoms. The molecule has 6 nitrogen and oxygen atoms in total. The molecule has 1 atom stereocenters. The number of ether oxygens (including phenoxy) is 1. The first kappa shape index (κ1) is 16.4. The third-order valence-corrected chi connectivity index (χ3v) is 4.47. The predicted octanol–water partition coefficient (Wildman–Crippen LogP) is 2.59. The number of nitrogens with one attached hydrogen (secondary N) is 2. The molecule has 26 heavy (non-hydrogen) atoms. The minimum atomic E-state index is -0.107. The number of nitrogens with zero attached hydrogens (tertiary/aromatic N) is 2. The Hall–Kier alpha value is -3.12. The van der Waals surface area contributed by atoms with E-state index in [2.05, 4.69) is 27.9 Å². The molecule has 1 aliphatic rings. The summed E-state index contributed by atoms with van der Waals surface area (Å²) in [5.41, 5.74) is 3.41. The largest absolute Gasteiger partial charge is 0.497 e. The Bertz CT molecular complexity index is 921. The lowest BCUT2D eigenvalue weighted by Crippen LogP contribution is -2.45.